The Kier molecular flexibility index (Phi) is 4.75. The first-order chi connectivity index (χ1) is 16.1. The van der Waals surface area contributed by atoms with E-state index in [0.29, 0.717) is 11.1 Å². The predicted molar refractivity (Wildman–Crippen MR) is 124 cm³/mol. The topological polar surface area (TPSA) is 106 Å². The quantitative estimate of drug-likeness (QED) is 0.473. The lowest BCUT2D eigenvalue weighted by atomic mass is 9.93. The molecule has 1 atom stereocenters. The van der Waals surface area contributed by atoms with Crippen molar-refractivity contribution in [3.63, 3.8) is 0 Å². The largest absolute Gasteiger partial charge is 0.331 e. The number of hydrogen-bond acceptors (Lipinski definition) is 5. The van der Waals surface area contributed by atoms with Gasteiger partial charge in [0.25, 0.3) is 0 Å². The van der Waals surface area contributed by atoms with Crippen molar-refractivity contribution in [3.8, 4) is 11.1 Å². The molecule has 10 heteroatoms. The molecule has 1 aromatic carbocycles. The van der Waals surface area contributed by atoms with Crippen LogP contribution in [0.15, 0.2) is 48.0 Å². The first-order valence-electron chi connectivity index (χ1n) is 11.1. The summed E-state index contributed by atoms with van der Waals surface area (Å²) in [7, 11) is -1.74. The van der Waals surface area contributed by atoms with Gasteiger partial charge in [0.05, 0.1) is 11.7 Å². The predicted octanol–water partition coefficient (Wildman–Crippen LogP) is 3.57. The highest BCUT2D eigenvalue weighted by atomic mass is 32.2. The molecule has 0 radical (unpaired) electrons. The summed E-state index contributed by atoms with van der Waals surface area (Å²) in [5, 5.41) is 11.9. The molecule has 168 valence electrons. The standard InChI is InChI=1S/C23H23N7O2S/c1-14-11-15-3-2-4-18(15)22(21(14)16-7-9-30-19(12-16)24-13-25-30)26-23(31)28-33(32)20-8-10-29(27-20)17-5-6-17/h7-13,17H,2-6H2,1H3,(H2,26,28,31). The molecule has 3 heterocycles. The number of hydrogen-bond donors (Lipinski definition) is 2. The van der Waals surface area contributed by atoms with E-state index in [1.165, 1.54) is 11.9 Å². The van der Waals surface area contributed by atoms with E-state index in [2.05, 4.69) is 31.3 Å². The van der Waals surface area contributed by atoms with Crippen molar-refractivity contribution in [2.45, 2.75) is 50.1 Å². The van der Waals surface area contributed by atoms with Gasteiger partial charge in [0.1, 0.15) is 6.33 Å². The lowest BCUT2D eigenvalue weighted by molar-refractivity contribution is 0.257. The van der Waals surface area contributed by atoms with Crippen LogP contribution in [-0.4, -0.2) is 34.6 Å². The Morgan fingerprint density at radius 3 is 2.91 bits per heavy atom. The summed E-state index contributed by atoms with van der Waals surface area (Å²) in [6, 6.07) is 7.71. The molecule has 2 N–H and O–H groups in total. The smallest absolute Gasteiger partial charge is 0.306 e. The van der Waals surface area contributed by atoms with Crippen molar-refractivity contribution < 1.29 is 9.00 Å². The zero-order valence-electron chi connectivity index (χ0n) is 18.1. The zero-order valence-corrected chi connectivity index (χ0v) is 18.9. The molecule has 1 saturated carbocycles. The van der Waals surface area contributed by atoms with E-state index < -0.39 is 17.0 Å². The third-order valence-electron chi connectivity index (χ3n) is 6.29. The molecule has 33 heavy (non-hydrogen) atoms. The number of amides is 2. The molecular formula is C23H23N7O2S. The average molecular weight is 462 g/mol. The van der Waals surface area contributed by atoms with Crippen LogP contribution in [0, 0.1) is 6.92 Å². The van der Waals surface area contributed by atoms with Gasteiger partial charge in [-0.15, -0.1) is 0 Å². The lowest BCUT2D eigenvalue weighted by Gasteiger charge is -2.19. The Balaban J connectivity index is 1.32. The third-order valence-corrected chi connectivity index (χ3v) is 7.25. The second-order valence-corrected chi connectivity index (χ2v) is 9.76. The number of aryl methyl sites for hydroxylation is 2. The minimum atomic E-state index is -1.74. The number of anilines is 1. The van der Waals surface area contributed by atoms with Gasteiger partial charge < -0.3 is 5.32 Å². The van der Waals surface area contributed by atoms with Crippen LogP contribution in [0.5, 0.6) is 0 Å². The lowest BCUT2D eigenvalue weighted by Crippen LogP contribution is -2.31. The summed E-state index contributed by atoms with van der Waals surface area (Å²) in [6.07, 6.45) is 10.3. The first-order valence-corrected chi connectivity index (χ1v) is 12.2. The molecule has 1 fully saturated rings. The highest BCUT2D eigenvalue weighted by Gasteiger charge is 2.26. The Labute approximate surface area is 192 Å². The van der Waals surface area contributed by atoms with Crippen LogP contribution in [0.4, 0.5) is 10.5 Å². The fraction of sp³-hybridized carbons (Fsp3) is 0.304. The van der Waals surface area contributed by atoms with Crippen molar-refractivity contribution in [2.24, 2.45) is 0 Å². The van der Waals surface area contributed by atoms with Crippen LogP contribution in [-0.2, 0) is 23.8 Å². The van der Waals surface area contributed by atoms with Gasteiger partial charge >= 0.3 is 6.03 Å². The van der Waals surface area contributed by atoms with Crippen molar-refractivity contribution >= 4 is 28.4 Å². The molecule has 4 aromatic rings. The molecule has 2 amide bonds. The molecule has 3 aromatic heterocycles. The van der Waals surface area contributed by atoms with Gasteiger partial charge in [0, 0.05) is 18.0 Å². The summed E-state index contributed by atoms with van der Waals surface area (Å²) >= 11 is 0. The summed E-state index contributed by atoms with van der Waals surface area (Å²) < 4.78 is 18.8. The molecule has 6 rings (SSSR count). The number of pyridine rings is 1. The molecule has 0 saturated heterocycles. The molecule has 0 aliphatic heterocycles. The number of fused-ring (bicyclic) bond motifs is 2. The second-order valence-electron chi connectivity index (χ2n) is 8.60. The Morgan fingerprint density at radius 2 is 2.06 bits per heavy atom. The molecule has 0 bridgehead atoms. The molecule has 0 spiro atoms. The zero-order chi connectivity index (χ0) is 22.5. The summed E-state index contributed by atoms with van der Waals surface area (Å²) in [6.45, 7) is 2.05. The summed E-state index contributed by atoms with van der Waals surface area (Å²) in [5.41, 5.74) is 6.84. The van der Waals surface area contributed by atoms with Gasteiger partial charge in [-0.2, -0.15) is 10.2 Å². The number of urea groups is 1. The number of rotatable bonds is 5. The summed E-state index contributed by atoms with van der Waals surface area (Å²) in [5.74, 6) is 0. The third kappa shape index (κ3) is 3.70. The minimum Gasteiger partial charge on any atom is -0.306 e. The summed E-state index contributed by atoms with van der Waals surface area (Å²) in [4.78, 5) is 17.2. The highest BCUT2D eigenvalue weighted by molar-refractivity contribution is 7.83. The van der Waals surface area contributed by atoms with Gasteiger partial charge in [0.2, 0.25) is 0 Å². The van der Waals surface area contributed by atoms with E-state index in [1.54, 1.807) is 10.6 Å². The van der Waals surface area contributed by atoms with Gasteiger partial charge in [-0.05, 0) is 79.5 Å². The normalized spacial score (nSPS) is 16.0. The molecule has 9 nitrogen and oxygen atoms in total. The monoisotopic (exact) mass is 461 g/mol. The van der Waals surface area contributed by atoms with Crippen molar-refractivity contribution in [1.29, 1.82) is 0 Å². The van der Waals surface area contributed by atoms with E-state index in [0.717, 1.165) is 65.7 Å². The fourth-order valence-corrected chi connectivity index (χ4v) is 5.29. The number of carbonyl (C=O) groups excluding carboxylic acids is 1. The van der Waals surface area contributed by atoms with E-state index >= 15 is 0 Å². The van der Waals surface area contributed by atoms with E-state index in [9.17, 15) is 9.00 Å². The maximum Gasteiger partial charge on any atom is 0.331 e. The van der Waals surface area contributed by atoms with Crippen LogP contribution in [0.3, 0.4) is 0 Å². The van der Waals surface area contributed by atoms with Gasteiger partial charge in [0.15, 0.2) is 21.7 Å². The SMILES string of the molecule is Cc1cc2c(c(NC(=O)NS(=O)c3ccn(C4CC4)n3)c1-c1ccn3ncnc3c1)CCC2. The van der Waals surface area contributed by atoms with E-state index in [4.69, 9.17) is 0 Å². The number of nitrogens with one attached hydrogen (secondary N) is 2. The van der Waals surface area contributed by atoms with Crippen LogP contribution in [0.1, 0.15) is 42.0 Å². The Morgan fingerprint density at radius 1 is 1.18 bits per heavy atom. The van der Waals surface area contributed by atoms with Gasteiger partial charge in [-0.25, -0.2) is 18.5 Å². The first kappa shape index (κ1) is 20.1. The van der Waals surface area contributed by atoms with Crippen molar-refractivity contribution in [3.05, 3.63) is 59.7 Å². The maximum absolute atomic E-state index is 12.9. The number of carbonyl (C=O) groups is 1. The molecule has 1 unspecified atom stereocenters. The van der Waals surface area contributed by atoms with E-state index in [1.807, 2.05) is 36.1 Å². The van der Waals surface area contributed by atoms with Crippen LogP contribution in [0.25, 0.3) is 16.8 Å². The van der Waals surface area contributed by atoms with Crippen LogP contribution >= 0.6 is 0 Å². The molecule has 2 aliphatic carbocycles. The van der Waals surface area contributed by atoms with Crippen LogP contribution < -0.4 is 10.0 Å². The minimum absolute atomic E-state index is 0.351. The highest BCUT2D eigenvalue weighted by Crippen LogP contribution is 2.40. The second kappa shape index (κ2) is 7.80. The van der Waals surface area contributed by atoms with Crippen molar-refractivity contribution in [1.82, 2.24) is 29.1 Å². The number of benzene rings is 1. The molecular weight excluding hydrogens is 438 g/mol. The molecule has 2 aliphatic rings. The Hall–Kier alpha value is -3.53. The van der Waals surface area contributed by atoms with Crippen LogP contribution in [0.2, 0.25) is 0 Å². The fourth-order valence-electron chi connectivity index (χ4n) is 4.61. The Bertz CT molecular complexity index is 1420. The number of nitrogens with zero attached hydrogens (tertiary/aromatic N) is 5. The number of aromatic nitrogens is 5. The van der Waals surface area contributed by atoms with Gasteiger partial charge in [-0.3, -0.25) is 9.40 Å². The maximum atomic E-state index is 12.9. The van der Waals surface area contributed by atoms with Crippen molar-refractivity contribution in [2.75, 3.05) is 5.32 Å². The average Bonchev–Trinajstić information content (AvgIpc) is 3.19. The van der Waals surface area contributed by atoms with Gasteiger partial charge in [-0.1, -0.05) is 6.07 Å². The van der Waals surface area contributed by atoms with E-state index in [-0.39, 0.29) is 0 Å².